The van der Waals surface area contributed by atoms with Crippen LogP contribution >= 0.6 is 0 Å². The minimum atomic E-state index is -5.21. The van der Waals surface area contributed by atoms with E-state index in [2.05, 4.69) is 10.2 Å². The molecule has 0 aliphatic rings. The monoisotopic (exact) mass is 395 g/mol. The van der Waals surface area contributed by atoms with Crippen LogP contribution in [0.15, 0.2) is 48.5 Å². The summed E-state index contributed by atoms with van der Waals surface area (Å²) in [4.78, 5) is 24.7. The van der Waals surface area contributed by atoms with Gasteiger partial charge in [0, 0.05) is 5.56 Å². The smallest absolute Gasteiger partial charge is 0.438 e. The fourth-order valence-electron chi connectivity index (χ4n) is 2.48. The predicted octanol–water partition coefficient (Wildman–Crippen LogP) is 3.08. The topological polar surface area (TPSA) is 79.5 Å². The van der Waals surface area contributed by atoms with Crippen LogP contribution in [0.25, 0.3) is 0 Å². The van der Waals surface area contributed by atoms with Crippen LogP contribution in [-0.2, 0) is 9.53 Å². The molecule has 0 aliphatic carbocycles. The third kappa shape index (κ3) is 4.25. The summed E-state index contributed by atoms with van der Waals surface area (Å²) in [5.41, 5.74) is 2.14. The van der Waals surface area contributed by atoms with Gasteiger partial charge >= 0.3 is 17.8 Å². The lowest BCUT2D eigenvalue weighted by Gasteiger charge is -2.35. The fraction of sp³-hybridized carbons (Fsp3) is 0.263. The Morgan fingerprint density at radius 3 is 2.04 bits per heavy atom. The normalized spacial score (nSPS) is 13.4. The van der Waals surface area contributed by atoms with E-state index < -0.39 is 23.7 Å². The van der Waals surface area contributed by atoms with Crippen LogP contribution < -0.4 is 16.2 Å². The molecule has 2 aromatic rings. The van der Waals surface area contributed by atoms with E-state index in [9.17, 15) is 22.8 Å². The number of ether oxygens (including phenoxy) is 1. The Morgan fingerprint density at radius 2 is 1.50 bits per heavy atom. The number of carbonyl (C=O) groups excluding carboxylic acids is 2. The van der Waals surface area contributed by atoms with Crippen LogP contribution in [0.1, 0.15) is 21.5 Å². The Labute approximate surface area is 160 Å². The molecule has 0 saturated heterocycles. The average molecular weight is 395 g/mol. The van der Waals surface area contributed by atoms with Gasteiger partial charge in [0.2, 0.25) is 0 Å². The highest BCUT2D eigenvalue weighted by Gasteiger charge is 2.63. The van der Waals surface area contributed by atoms with Gasteiger partial charge in [0.1, 0.15) is 0 Å². The quantitative estimate of drug-likeness (QED) is 0.398. The summed E-state index contributed by atoms with van der Waals surface area (Å²) in [7, 11) is 0.804. The molecule has 0 saturated carbocycles. The number of rotatable bonds is 6. The Kier molecular flexibility index (Phi) is 6.30. The molecule has 28 heavy (non-hydrogen) atoms. The van der Waals surface area contributed by atoms with Gasteiger partial charge in [-0.2, -0.15) is 18.6 Å². The third-order valence-electron chi connectivity index (χ3n) is 4.14. The lowest BCUT2D eigenvalue weighted by atomic mass is 10.1. The summed E-state index contributed by atoms with van der Waals surface area (Å²) in [5.74, 6) is -2.80. The number of carbonyl (C=O) groups is 2. The van der Waals surface area contributed by atoms with Crippen LogP contribution in [0.4, 0.5) is 18.9 Å². The van der Waals surface area contributed by atoms with Gasteiger partial charge in [0.25, 0.3) is 5.91 Å². The van der Waals surface area contributed by atoms with E-state index in [-0.39, 0.29) is 5.56 Å². The van der Waals surface area contributed by atoms with Gasteiger partial charge in [-0.25, -0.2) is 4.79 Å². The molecule has 0 unspecified atom stereocenters. The van der Waals surface area contributed by atoms with Crippen molar-refractivity contribution in [3.8, 4) is 0 Å². The predicted molar refractivity (Wildman–Crippen MR) is 97.4 cm³/mol. The molecule has 0 aromatic heterocycles. The molecule has 1 atom stereocenters. The number of esters is 1. The van der Waals surface area contributed by atoms with Crippen molar-refractivity contribution in [2.24, 2.45) is 0 Å². The summed E-state index contributed by atoms with van der Waals surface area (Å²) >= 11 is 0. The van der Waals surface area contributed by atoms with Gasteiger partial charge < -0.3 is 15.5 Å². The van der Waals surface area contributed by atoms with Gasteiger partial charge in [-0.05, 0) is 37.1 Å². The Hall–Kier alpha value is -3.07. The molecular formula is C19H20F3N3O3. The largest absolute Gasteiger partial charge is 0.466 e. The second kappa shape index (κ2) is 8.30. The van der Waals surface area contributed by atoms with E-state index in [0.29, 0.717) is 16.8 Å². The summed E-state index contributed by atoms with van der Waals surface area (Å²) in [6.45, 7) is 3.24. The number of hydrogen-bond acceptors (Lipinski definition) is 5. The minimum absolute atomic E-state index is 0.00211. The Balaban J connectivity index is 2.43. The lowest BCUT2D eigenvalue weighted by molar-refractivity contribution is -0.215. The maximum Gasteiger partial charge on any atom is 0.438 e. The molecular weight excluding hydrogens is 375 g/mol. The highest BCUT2D eigenvalue weighted by atomic mass is 19.4. The van der Waals surface area contributed by atoms with Crippen molar-refractivity contribution < 1.29 is 27.5 Å². The zero-order chi connectivity index (χ0) is 20.9. The number of alkyl halides is 3. The number of aryl methyl sites for hydroxylation is 2. The van der Waals surface area contributed by atoms with E-state index in [1.807, 2.05) is 5.43 Å². The van der Waals surface area contributed by atoms with Crippen molar-refractivity contribution in [1.82, 2.24) is 10.7 Å². The third-order valence-corrected chi connectivity index (χ3v) is 4.14. The Bertz CT molecular complexity index is 871. The standard InChI is InChI=1S/C19H20F3N3O3/c1-12-8-4-6-10-14(12)16(26)23-18(17(27)28-3,19(20,21)22)25-24-15-11-7-5-9-13(15)2/h4-11,24-25H,1-3H3,(H,23,26)/t18-/m0/s1. The van der Waals surface area contributed by atoms with Gasteiger partial charge in [0.15, 0.2) is 0 Å². The van der Waals surface area contributed by atoms with Gasteiger partial charge in [-0.3, -0.25) is 4.79 Å². The number of anilines is 1. The van der Waals surface area contributed by atoms with E-state index >= 15 is 0 Å². The van der Waals surface area contributed by atoms with Crippen molar-refractivity contribution in [3.05, 3.63) is 65.2 Å². The number of amides is 1. The van der Waals surface area contributed by atoms with E-state index in [0.717, 1.165) is 7.11 Å². The highest BCUT2D eigenvalue weighted by Crippen LogP contribution is 2.30. The van der Waals surface area contributed by atoms with Crippen LogP contribution in [0.2, 0.25) is 0 Å². The molecule has 150 valence electrons. The first-order chi connectivity index (χ1) is 13.1. The van der Waals surface area contributed by atoms with E-state index in [1.165, 1.54) is 18.2 Å². The van der Waals surface area contributed by atoms with Gasteiger partial charge in [0.05, 0.1) is 12.8 Å². The number of benzene rings is 2. The molecule has 6 nitrogen and oxygen atoms in total. The fourth-order valence-corrected chi connectivity index (χ4v) is 2.48. The number of para-hydroxylation sites is 1. The summed E-state index contributed by atoms with van der Waals surface area (Å²) in [5, 5.41) is 1.76. The molecule has 0 aliphatic heterocycles. The van der Waals surface area contributed by atoms with Crippen molar-refractivity contribution in [2.45, 2.75) is 25.7 Å². The molecule has 0 heterocycles. The molecule has 3 N–H and O–H groups in total. The summed E-state index contributed by atoms with van der Waals surface area (Å²) in [6.07, 6.45) is -5.21. The number of methoxy groups -OCH3 is 1. The first kappa shape index (κ1) is 21.2. The molecule has 9 heteroatoms. The van der Waals surface area contributed by atoms with E-state index in [4.69, 9.17) is 0 Å². The van der Waals surface area contributed by atoms with E-state index in [1.54, 1.807) is 49.5 Å². The second-order valence-corrected chi connectivity index (χ2v) is 6.07. The van der Waals surface area contributed by atoms with Crippen LogP contribution in [-0.4, -0.2) is 30.8 Å². The molecule has 2 rings (SSSR count). The van der Waals surface area contributed by atoms with Crippen LogP contribution in [0.3, 0.4) is 0 Å². The zero-order valence-corrected chi connectivity index (χ0v) is 15.5. The van der Waals surface area contributed by atoms with Crippen molar-refractivity contribution in [2.75, 3.05) is 12.5 Å². The number of nitrogens with one attached hydrogen (secondary N) is 3. The molecule has 0 bridgehead atoms. The maximum atomic E-state index is 14.0. The number of halogens is 3. The second-order valence-electron chi connectivity index (χ2n) is 6.07. The van der Waals surface area contributed by atoms with Gasteiger partial charge in [-0.15, -0.1) is 0 Å². The minimum Gasteiger partial charge on any atom is -0.466 e. The first-order valence-corrected chi connectivity index (χ1v) is 8.24. The molecule has 0 spiro atoms. The van der Waals surface area contributed by atoms with Crippen LogP contribution in [0, 0.1) is 13.8 Å². The maximum absolute atomic E-state index is 14.0. The molecule has 2 aromatic carbocycles. The lowest BCUT2D eigenvalue weighted by Crippen LogP contribution is -2.73. The Morgan fingerprint density at radius 1 is 0.929 bits per heavy atom. The molecule has 1 amide bonds. The highest BCUT2D eigenvalue weighted by molar-refractivity contribution is 5.99. The number of hydrazine groups is 1. The van der Waals surface area contributed by atoms with Crippen molar-refractivity contribution in [3.63, 3.8) is 0 Å². The first-order valence-electron chi connectivity index (χ1n) is 8.24. The van der Waals surface area contributed by atoms with Gasteiger partial charge in [-0.1, -0.05) is 36.4 Å². The summed E-state index contributed by atoms with van der Waals surface area (Å²) < 4.78 is 46.3. The number of hydrogen-bond donors (Lipinski definition) is 3. The molecule has 0 radical (unpaired) electrons. The van der Waals surface area contributed by atoms with Crippen LogP contribution in [0.5, 0.6) is 0 Å². The zero-order valence-electron chi connectivity index (χ0n) is 15.5. The van der Waals surface area contributed by atoms with Crippen molar-refractivity contribution in [1.29, 1.82) is 0 Å². The average Bonchev–Trinajstić information content (AvgIpc) is 2.64. The van der Waals surface area contributed by atoms with Crippen molar-refractivity contribution >= 4 is 17.6 Å². The molecule has 0 fully saturated rings. The SMILES string of the molecule is COC(=O)[C@@](NNc1ccccc1C)(NC(=O)c1ccccc1C)C(F)(F)F. The summed E-state index contributed by atoms with van der Waals surface area (Å²) in [6, 6.07) is 12.6.